The molecule has 6 nitrogen and oxygen atoms in total. The minimum atomic E-state index is -4.65. The van der Waals surface area contributed by atoms with Crippen LogP contribution in [0.15, 0.2) is 24.4 Å². The van der Waals surface area contributed by atoms with E-state index in [0.717, 1.165) is 16.8 Å². The predicted octanol–water partition coefficient (Wildman–Crippen LogP) is 3.09. The molecule has 0 aliphatic heterocycles. The van der Waals surface area contributed by atoms with E-state index in [0.29, 0.717) is 17.1 Å². The molecule has 0 spiro atoms. The fourth-order valence-corrected chi connectivity index (χ4v) is 1.77. The molecule has 1 aromatic carbocycles. The second kappa shape index (κ2) is 5.19. The lowest BCUT2D eigenvalue weighted by Gasteiger charge is -2.08. The zero-order valence-corrected chi connectivity index (χ0v) is 11.2. The fourth-order valence-electron chi connectivity index (χ4n) is 1.52. The van der Waals surface area contributed by atoms with Crippen molar-refractivity contribution >= 4 is 21.6 Å². The van der Waals surface area contributed by atoms with Gasteiger partial charge in [-0.2, -0.15) is 13.2 Å². The van der Waals surface area contributed by atoms with Crippen LogP contribution in [-0.2, 0) is 11.5 Å². The van der Waals surface area contributed by atoms with Gasteiger partial charge >= 0.3 is 6.18 Å². The molecular weight excluding hydrogens is 345 g/mol. The Morgan fingerprint density at radius 1 is 1.40 bits per heavy atom. The zero-order chi connectivity index (χ0) is 14.9. The van der Waals surface area contributed by atoms with E-state index in [2.05, 4.69) is 26.2 Å². The van der Waals surface area contributed by atoms with Crippen LogP contribution in [0, 0.1) is 10.1 Å². The van der Waals surface area contributed by atoms with E-state index >= 15 is 0 Å². The van der Waals surface area contributed by atoms with Crippen LogP contribution >= 0.6 is 15.9 Å². The first-order valence-corrected chi connectivity index (χ1v) is 6.28. The highest BCUT2D eigenvalue weighted by atomic mass is 79.9. The number of hydrogen-bond acceptors (Lipinski definition) is 4. The van der Waals surface area contributed by atoms with Gasteiger partial charge in [-0.05, 0) is 12.1 Å². The second-order valence-corrected chi connectivity index (χ2v) is 4.31. The molecular formula is C10H6BrF3N4O2. The van der Waals surface area contributed by atoms with Crippen molar-refractivity contribution in [3.8, 4) is 5.69 Å². The van der Waals surface area contributed by atoms with Crippen molar-refractivity contribution in [2.45, 2.75) is 11.5 Å². The normalized spacial score (nSPS) is 11.6. The van der Waals surface area contributed by atoms with Crippen molar-refractivity contribution in [1.29, 1.82) is 0 Å². The number of nitro benzene ring substituents is 1. The van der Waals surface area contributed by atoms with Gasteiger partial charge in [-0.3, -0.25) is 10.1 Å². The minimum Gasteiger partial charge on any atom is -0.258 e. The van der Waals surface area contributed by atoms with Gasteiger partial charge in [0.2, 0.25) is 0 Å². The van der Waals surface area contributed by atoms with Gasteiger partial charge in [0.05, 0.1) is 22.4 Å². The molecule has 0 bridgehead atoms. The lowest BCUT2D eigenvalue weighted by molar-refractivity contribution is -0.384. The van der Waals surface area contributed by atoms with Gasteiger partial charge in [-0.15, -0.1) is 5.10 Å². The van der Waals surface area contributed by atoms with Crippen molar-refractivity contribution in [2.75, 3.05) is 0 Å². The number of aromatic nitrogens is 3. The smallest absolute Gasteiger partial charge is 0.258 e. The van der Waals surface area contributed by atoms with Gasteiger partial charge in [0.1, 0.15) is 5.69 Å². The van der Waals surface area contributed by atoms with Crippen LogP contribution in [0.1, 0.15) is 11.3 Å². The number of nitro groups is 1. The highest BCUT2D eigenvalue weighted by Gasteiger charge is 2.33. The van der Waals surface area contributed by atoms with E-state index in [9.17, 15) is 23.3 Å². The molecule has 0 amide bonds. The summed E-state index contributed by atoms with van der Waals surface area (Å²) in [5.41, 5.74) is -1.36. The van der Waals surface area contributed by atoms with Crippen molar-refractivity contribution in [2.24, 2.45) is 0 Å². The third kappa shape index (κ3) is 2.79. The number of benzene rings is 1. The molecule has 0 radical (unpaired) electrons. The largest absolute Gasteiger partial charge is 0.416 e. The lowest BCUT2D eigenvalue weighted by Crippen LogP contribution is -2.08. The Morgan fingerprint density at radius 3 is 2.60 bits per heavy atom. The van der Waals surface area contributed by atoms with Gasteiger partial charge in [-0.1, -0.05) is 21.1 Å². The van der Waals surface area contributed by atoms with Gasteiger partial charge in [0.15, 0.2) is 0 Å². The van der Waals surface area contributed by atoms with Gasteiger partial charge in [-0.25, -0.2) is 4.68 Å². The van der Waals surface area contributed by atoms with Crippen molar-refractivity contribution in [3.05, 3.63) is 45.8 Å². The van der Waals surface area contributed by atoms with Gasteiger partial charge in [0, 0.05) is 11.4 Å². The Kier molecular flexibility index (Phi) is 3.75. The van der Waals surface area contributed by atoms with E-state index in [1.54, 1.807) is 0 Å². The summed E-state index contributed by atoms with van der Waals surface area (Å²) in [6, 6.07) is 2.23. The van der Waals surface area contributed by atoms with E-state index in [4.69, 9.17) is 0 Å². The first-order valence-electron chi connectivity index (χ1n) is 5.16. The molecule has 1 aromatic heterocycles. The number of alkyl halides is 4. The summed E-state index contributed by atoms with van der Waals surface area (Å²) in [6.45, 7) is 0. The van der Waals surface area contributed by atoms with E-state index < -0.39 is 22.4 Å². The number of rotatable bonds is 3. The van der Waals surface area contributed by atoms with E-state index in [1.165, 1.54) is 6.20 Å². The molecule has 0 saturated carbocycles. The molecule has 20 heavy (non-hydrogen) atoms. The SMILES string of the molecule is O=[N+]([O-])c1cc(C(F)(F)F)ccc1-n1cc(CBr)nn1. The summed E-state index contributed by atoms with van der Waals surface area (Å²) in [5, 5.41) is 18.6. The fraction of sp³-hybridized carbons (Fsp3) is 0.200. The third-order valence-corrected chi connectivity index (χ3v) is 3.00. The summed E-state index contributed by atoms with van der Waals surface area (Å²) in [7, 11) is 0. The van der Waals surface area contributed by atoms with Crippen LogP contribution in [0.25, 0.3) is 5.69 Å². The minimum absolute atomic E-state index is 0.0808. The topological polar surface area (TPSA) is 73.8 Å². The standard InChI is InChI=1S/C10H6BrF3N4O2/c11-4-7-5-17(16-15-7)8-2-1-6(10(12,13)14)3-9(8)18(19)20/h1-3,5H,4H2. The predicted molar refractivity (Wildman–Crippen MR) is 65.6 cm³/mol. The molecule has 1 heterocycles. The highest BCUT2D eigenvalue weighted by Crippen LogP contribution is 2.34. The Morgan fingerprint density at radius 2 is 2.10 bits per heavy atom. The molecule has 0 fully saturated rings. The van der Waals surface area contributed by atoms with Crippen molar-refractivity contribution < 1.29 is 18.1 Å². The maximum Gasteiger partial charge on any atom is 0.416 e. The second-order valence-electron chi connectivity index (χ2n) is 3.75. The van der Waals surface area contributed by atoms with Crippen LogP contribution < -0.4 is 0 Å². The van der Waals surface area contributed by atoms with Crippen LogP contribution in [0.3, 0.4) is 0 Å². The molecule has 0 saturated heterocycles. The van der Waals surface area contributed by atoms with Crippen LogP contribution in [0.5, 0.6) is 0 Å². The maximum atomic E-state index is 12.6. The Bertz CT molecular complexity index is 656. The first kappa shape index (κ1) is 14.4. The van der Waals surface area contributed by atoms with Gasteiger partial charge < -0.3 is 0 Å². The number of nitrogens with zero attached hydrogens (tertiary/aromatic N) is 4. The molecule has 10 heteroatoms. The van der Waals surface area contributed by atoms with Crippen molar-refractivity contribution in [1.82, 2.24) is 15.0 Å². The summed E-state index contributed by atoms with van der Waals surface area (Å²) >= 11 is 3.13. The molecule has 0 aliphatic rings. The molecule has 106 valence electrons. The van der Waals surface area contributed by atoms with Crippen LogP contribution in [0.4, 0.5) is 18.9 Å². The molecule has 0 N–H and O–H groups in total. The molecule has 2 aromatic rings. The highest BCUT2D eigenvalue weighted by molar-refractivity contribution is 9.08. The molecule has 0 aliphatic carbocycles. The Hall–Kier alpha value is -1.97. The van der Waals surface area contributed by atoms with Crippen molar-refractivity contribution in [3.63, 3.8) is 0 Å². The quantitative estimate of drug-likeness (QED) is 0.484. The molecule has 2 rings (SSSR count). The molecule has 0 atom stereocenters. The van der Waals surface area contributed by atoms with Crippen LogP contribution in [-0.4, -0.2) is 19.9 Å². The Labute approximate surface area is 118 Å². The Balaban J connectivity index is 2.56. The van der Waals surface area contributed by atoms with Gasteiger partial charge in [0.25, 0.3) is 5.69 Å². The zero-order valence-electron chi connectivity index (χ0n) is 9.63. The van der Waals surface area contributed by atoms with E-state index in [1.807, 2.05) is 0 Å². The first-order chi connectivity index (χ1) is 9.32. The average Bonchev–Trinajstić information content (AvgIpc) is 2.85. The monoisotopic (exact) mass is 350 g/mol. The summed E-state index contributed by atoms with van der Waals surface area (Å²) in [6.07, 6.45) is -3.25. The maximum absolute atomic E-state index is 12.6. The molecule has 0 unspecified atom stereocenters. The summed E-state index contributed by atoms with van der Waals surface area (Å²) in [5.74, 6) is 0. The summed E-state index contributed by atoms with van der Waals surface area (Å²) < 4.78 is 38.7. The lowest BCUT2D eigenvalue weighted by atomic mass is 10.1. The van der Waals surface area contributed by atoms with Crippen LogP contribution in [0.2, 0.25) is 0 Å². The number of halogens is 4. The summed E-state index contributed by atoms with van der Waals surface area (Å²) in [4.78, 5) is 10.0. The van der Waals surface area contributed by atoms with E-state index in [-0.39, 0.29) is 5.69 Å². The number of hydrogen-bond donors (Lipinski definition) is 0. The third-order valence-electron chi connectivity index (χ3n) is 2.42. The average molecular weight is 351 g/mol.